The predicted octanol–water partition coefficient (Wildman–Crippen LogP) is 1.37. The second kappa shape index (κ2) is 9.36. The van der Waals surface area contributed by atoms with Gasteiger partial charge < -0.3 is 20.1 Å². The lowest BCUT2D eigenvalue weighted by molar-refractivity contribution is -0.0988. The van der Waals surface area contributed by atoms with Crippen LogP contribution in [0.15, 0.2) is 23.3 Å². The third-order valence-corrected chi connectivity index (χ3v) is 2.19. The van der Waals surface area contributed by atoms with E-state index in [0.717, 1.165) is 18.4 Å². The second-order valence-electron chi connectivity index (χ2n) is 4.39. The Morgan fingerprint density at radius 2 is 1.88 bits per heavy atom. The molecule has 0 heterocycles. The Balaban J connectivity index is 3.89. The second-order valence-corrected chi connectivity index (χ2v) is 4.39. The van der Waals surface area contributed by atoms with E-state index in [0.29, 0.717) is 0 Å². The van der Waals surface area contributed by atoms with Gasteiger partial charge in [-0.1, -0.05) is 17.2 Å². The summed E-state index contributed by atoms with van der Waals surface area (Å²) >= 11 is 0. The summed E-state index contributed by atoms with van der Waals surface area (Å²) in [7, 11) is 0. The number of rotatable bonds is 8. The van der Waals surface area contributed by atoms with Crippen LogP contribution in [0.3, 0.4) is 0 Å². The van der Waals surface area contributed by atoms with Gasteiger partial charge in [0.05, 0.1) is 13.2 Å². The van der Waals surface area contributed by atoms with Gasteiger partial charge in [0.2, 0.25) is 0 Å². The Morgan fingerprint density at radius 3 is 2.41 bits per heavy atom. The smallest absolute Gasteiger partial charge is 0.174 e. The number of hydrogen-bond acceptors (Lipinski definition) is 4. The van der Waals surface area contributed by atoms with Crippen LogP contribution in [-0.2, 0) is 4.74 Å². The third kappa shape index (κ3) is 10.2. The summed E-state index contributed by atoms with van der Waals surface area (Å²) in [6, 6.07) is 0. The molecule has 17 heavy (non-hydrogen) atoms. The zero-order valence-electron chi connectivity index (χ0n) is 10.9. The van der Waals surface area contributed by atoms with Crippen LogP contribution in [-0.4, -0.2) is 40.9 Å². The highest BCUT2D eigenvalue weighted by Gasteiger charge is 2.06. The summed E-state index contributed by atoms with van der Waals surface area (Å²) in [4.78, 5) is 0. The van der Waals surface area contributed by atoms with Crippen LogP contribution in [0.1, 0.15) is 33.6 Å². The molecule has 4 heteroatoms. The molecule has 0 aromatic heterocycles. The van der Waals surface area contributed by atoms with Crippen molar-refractivity contribution in [2.45, 2.75) is 46.0 Å². The van der Waals surface area contributed by atoms with E-state index in [1.54, 1.807) is 6.08 Å². The molecule has 0 fully saturated rings. The van der Waals surface area contributed by atoms with Crippen LogP contribution in [0.2, 0.25) is 0 Å². The predicted molar refractivity (Wildman–Crippen MR) is 67.5 cm³/mol. The maximum absolute atomic E-state index is 9.47. The number of allylic oxidation sites excluding steroid dienone is 3. The average molecular weight is 244 g/mol. The van der Waals surface area contributed by atoms with E-state index in [-0.39, 0.29) is 13.2 Å². The molecule has 4 nitrogen and oxygen atoms in total. The highest BCUT2D eigenvalue weighted by atomic mass is 16.6. The molecule has 0 bridgehead atoms. The molecule has 0 aliphatic heterocycles. The molecule has 0 saturated carbocycles. The minimum absolute atomic E-state index is 0.0740. The first-order valence-corrected chi connectivity index (χ1v) is 5.85. The lowest BCUT2D eigenvalue weighted by Crippen LogP contribution is -2.23. The van der Waals surface area contributed by atoms with Gasteiger partial charge in [0.25, 0.3) is 0 Å². The molecule has 0 amide bonds. The molecule has 0 aromatic rings. The van der Waals surface area contributed by atoms with Crippen LogP contribution in [0, 0.1) is 0 Å². The SMILES string of the molecule is CC(C)=CCC/C(C)=C\C(O)OCC(O)CO. The molecular weight excluding hydrogens is 220 g/mol. The topological polar surface area (TPSA) is 69.9 Å². The lowest BCUT2D eigenvalue weighted by atomic mass is 10.1. The molecule has 0 rings (SSSR count). The van der Waals surface area contributed by atoms with Crippen molar-refractivity contribution in [2.24, 2.45) is 0 Å². The van der Waals surface area contributed by atoms with Crippen LogP contribution < -0.4 is 0 Å². The molecule has 2 atom stereocenters. The zero-order valence-corrected chi connectivity index (χ0v) is 10.9. The normalized spacial score (nSPS) is 15.5. The van der Waals surface area contributed by atoms with Crippen molar-refractivity contribution in [2.75, 3.05) is 13.2 Å². The number of ether oxygens (including phenoxy) is 1. The molecule has 0 radical (unpaired) electrons. The third-order valence-electron chi connectivity index (χ3n) is 2.19. The fraction of sp³-hybridized carbons (Fsp3) is 0.692. The fourth-order valence-electron chi connectivity index (χ4n) is 1.23. The lowest BCUT2D eigenvalue weighted by Gasteiger charge is -2.12. The summed E-state index contributed by atoms with van der Waals surface area (Å²) in [6.45, 7) is 5.58. The summed E-state index contributed by atoms with van der Waals surface area (Å²) in [6.07, 6.45) is 3.60. The van der Waals surface area contributed by atoms with E-state index in [1.807, 2.05) is 20.8 Å². The van der Waals surface area contributed by atoms with Crippen molar-refractivity contribution in [3.8, 4) is 0 Å². The Kier molecular flexibility index (Phi) is 8.99. The summed E-state index contributed by atoms with van der Waals surface area (Å²) in [5.41, 5.74) is 2.31. The van der Waals surface area contributed by atoms with E-state index < -0.39 is 12.4 Å². The number of hydrogen-bond donors (Lipinski definition) is 3. The molecular formula is C13H24O4. The van der Waals surface area contributed by atoms with Gasteiger partial charge >= 0.3 is 0 Å². The summed E-state index contributed by atoms with van der Waals surface area (Å²) < 4.78 is 4.95. The van der Waals surface area contributed by atoms with Crippen molar-refractivity contribution >= 4 is 0 Å². The number of aliphatic hydroxyl groups is 3. The minimum Gasteiger partial charge on any atom is -0.394 e. The van der Waals surface area contributed by atoms with Crippen LogP contribution in [0.5, 0.6) is 0 Å². The molecule has 100 valence electrons. The van der Waals surface area contributed by atoms with Gasteiger partial charge in [0, 0.05) is 0 Å². The average Bonchev–Trinajstić information content (AvgIpc) is 2.25. The van der Waals surface area contributed by atoms with E-state index in [1.165, 1.54) is 5.57 Å². The Bertz CT molecular complexity index is 254. The van der Waals surface area contributed by atoms with Gasteiger partial charge in [-0.3, -0.25) is 0 Å². The summed E-state index contributed by atoms with van der Waals surface area (Å²) in [5, 5.41) is 27.1. The molecule has 0 aromatic carbocycles. The molecule has 3 N–H and O–H groups in total. The standard InChI is InChI=1S/C13H24O4/c1-10(2)5-4-6-11(3)7-13(16)17-9-12(15)8-14/h5,7,12-16H,4,6,8-9H2,1-3H3/b11-7-. The van der Waals surface area contributed by atoms with Crippen LogP contribution in [0.4, 0.5) is 0 Å². The highest BCUT2D eigenvalue weighted by Crippen LogP contribution is 2.08. The largest absolute Gasteiger partial charge is 0.394 e. The molecule has 0 spiro atoms. The van der Waals surface area contributed by atoms with E-state index in [4.69, 9.17) is 14.9 Å². The van der Waals surface area contributed by atoms with Gasteiger partial charge in [0.15, 0.2) is 6.29 Å². The van der Waals surface area contributed by atoms with Gasteiger partial charge in [-0.05, 0) is 39.7 Å². The van der Waals surface area contributed by atoms with Crippen LogP contribution >= 0.6 is 0 Å². The van der Waals surface area contributed by atoms with E-state index in [2.05, 4.69) is 6.08 Å². The van der Waals surface area contributed by atoms with E-state index in [9.17, 15) is 5.11 Å². The molecule has 0 saturated heterocycles. The van der Waals surface area contributed by atoms with Crippen molar-refractivity contribution in [3.63, 3.8) is 0 Å². The van der Waals surface area contributed by atoms with Crippen molar-refractivity contribution < 1.29 is 20.1 Å². The van der Waals surface area contributed by atoms with Crippen molar-refractivity contribution in [3.05, 3.63) is 23.3 Å². The van der Waals surface area contributed by atoms with Gasteiger partial charge in [0.1, 0.15) is 6.10 Å². The quantitative estimate of drug-likeness (QED) is 0.445. The van der Waals surface area contributed by atoms with E-state index >= 15 is 0 Å². The Labute approximate surface area is 103 Å². The first-order chi connectivity index (χ1) is 7.95. The maximum Gasteiger partial charge on any atom is 0.174 e. The molecule has 0 aliphatic rings. The van der Waals surface area contributed by atoms with Gasteiger partial charge in [-0.15, -0.1) is 0 Å². The summed E-state index contributed by atoms with van der Waals surface area (Å²) in [5.74, 6) is 0. The molecule has 0 aliphatic carbocycles. The number of aliphatic hydroxyl groups excluding tert-OH is 3. The highest BCUT2D eigenvalue weighted by molar-refractivity contribution is 5.03. The Morgan fingerprint density at radius 1 is 1.24 bits per heavy atom. The monoisotopic (exact) mass is 244 g/mol. The minimum atomic E-state index is -1.03. The molecule has 2 unspecified atom stereocenters. The zero-order chi connectivity index (χ0) is 13.3. The van der Waals surface area contributed by atoms with Gasteiger partial charge in [-0.2, -0.15) is 0 Å². The fourth-order valence-corrected chi connectivity index (χ4v) is 1.23. The van der Waals surface area contributed by atoms with Crippen molar-refractivity contribution in [1.82, 2.24) is 0 Å². The maximum atomic E-state index is 9.47. The van der Waals surface area contributed by atoms with Gasteiger partial charge in [-0.25, -0.2) is 0 Å². The van der Waals surface area contributed by atoms with Crippen molar-refractivity contribution in [1.29, 1.82) is 0 Å². The van der Waals surface area contributed by atoms with Crippen LogP contribution in [0.25, 0.3) is 0 Å². The first-order valence-electron chi connectivity index (χ1n) is 5.85. The Hall–Kier alpha value is -0.680. The first kappa shape index (κ1) is 16.3.